The Morgan fingerprint density at radius 3 is 1.68 bits per heavy atom. The van der Waals surface area contributed by atoms with Crippen molar-refractivity contribution < 1.29 is 19.4 Å². The summed E-state index contributed by atoms with van der Waals surface area (Å²) in [4.78, 5) is 50.8. The molecule has 3 N–H and O–H groups in total. The maximum Gasteiger partial charge on any atom is 0.354 e. The normalized spacial score (nSPS) is 10.4. The molecule has 4 aromatic rings. The fourth-order valence-corrected chi connectivity index (χ4v) is 3.07. The molecule has 2 aromatic carbocycles. The number of hydrogen-bond donors (Lipinski definition) is 3. The highest BCUT2D eigenvalue weighted by atomic mass is 16.5. The Hall–Kier alpha value is -4.20. The van der Waals surface area contributed by atoms with Gasteiger partial charge in [-0.3, -0.25) is 9.59 Å². The Morgan fingerprint density at radius 2 is 1.23 bits per heavy atom. The number of aromatic amines is 2. The number of benzene rings is 2. The summed E-state index contributed by atoms with van der Waals surface area (Å²) in [5.74, 6) is -1.67. The summed E-state index contributed by atoms with van der Waals surface area (Å²) >= 11 is 0. The van der Waals surface area contributed by atoms with Gasteiger partial charge < -0.3 is 19.8 Å². The highest BCUT2D eigenvalue weighted by Crippen LogP contribution is 2.11. The molecule has 158 valence electrons. The summed E-state index contributed by atoms with van der Waals surface area (Å²) in [5.41, 5.74) is 2.82. The van der Waals surface area contributed by atoms with Crippen LogP contribution in [0.3, 0.4) is 0 Å². The fourth-order valence-electron chi connectivity index (χ4n) is 3.07. The van der Waals surface area contributed by atoms with Gasteiger partial charge in [0.2, 0.25) is 0 Å². The van der Waals surface area contributed by atoms with E-state index in [0.717, 1.165) is 17.2 Å². The van der Waals surface area contributed by atoms with Gasteiger partial charge in [-0.2, -0.15) is 0 Å². The number of nitrogens with one attached hydrogen (secondary N) is 2. The molecular formula is C23H20N2O6. The average molecular weight is 420 g/mol. The highest BCUT2D eigenvalue weighted by molar-refractivity contribution is 5.91. The van der Waals surface area contributed by atoms with E-state index in [1.165, 1.54) is 13.2 Å². The van der Waals surface area contributed by atoms with Gasteiger partial charge >= 0.3 is 11.9 Å². The number of carbonyl (C=O) groups is 2. The molecule has 4 rings (SSSR count). The van der Waals surface area contributed by atoms with Gasteiger partial charge in [0, 0.05) is 22.9 Å². The maximum atomic E-state index is 11.7. The van der Waals surface area contributed by atoms with Crippen LogP contribution in [0.25, 0.3) is 21.8 Å². The number of aromatic carboxylic acids is 1. The Bertz CT molecular complexity index is 1430. The monoisotopic (exact) mass is 420 g/mol. The largest absolute Gasteiger partial charge is 0.477 e. The van der Waals surface area contributed by atoms with Gasteiger partial charge in [-0.05, 0) is 49.2 Å². The number of rotatable bonds is 2. The molecule has 0 saturated carbocycles. The van der Waals surface area contributed by atoms with Crippen molar-refractivity contribution in [3.8, 4) is 0 Å². The second-order valence-corrected chi connectivity index (χ2v) is 6.99. The molecule has 0 radical (unpaired) electrons. The van der Waals surface area contributed by atoms with Crippen molar-refractivity contribution in [2.24, 2.45) is 0 Å². The SMILES string of the molecule is COC(=O)c1cc(=O)c2ccc(C)cc2[nH]1.Cc1ccc2c(=O)cc(C(=O)O)[nH]c2c1. The third-order valence-electron chi connectivity index (χ3n) is 4.61. The molecule has 8 heteroatoms. The maximum absolute atomic E-state index is 11.7. The van der Waals surface area contributed by atoms with Crippen LogP contribution >= 0.6 is 0 Å². The molecule has 0 spiro atoms. The van der Waals surface area contributed by atoms with Gasteiger partial charge in [-0.1, -0.05) is 12.1 Å². The summed E-state index contributed by atoms with van der Waals surface area (Å²) in [7, 11) is 1.28. The lowest BCUT2D eigenvalue weighted by Gasteiger charge is -2.03. The van der Waals surface area contributed by atoms with Crippen LogP contribution in [0.15, 0.2) is 58.1 Å². The number of esters is 1. The molecule has 0 bridgehead atoms. The van der Waals surface area contributed by atoms with Crippen molar-refractivity contribution in [3.63, 3.8) is 0 Å². The summed E-state index contributed by atoms with van der Waals surface area (Å²) in [6, 6.07) is 13.0. The molecule has 2 heterocycles. The number of aromatic nitrogens is 2. The molecule has 0 aliphatic rings. The first-order chi connectivity index (χ1) is 14.7. The van der Waals surface area contributed by atoms with E-state index in [1.807, 2.05) is 32.0 Å². The van der Waals surface area contributed by atoms with E-state index in [9.17, 15) is 19.2 Å². The zero-order valence-corrected chi connectivity index (χ0v) is 17.1. The van der Waals surface area contributed by atoms with E-state index in [0.29, 0.717) is 21.8 Å². The van der Waals surface area contributed by atoms with Crippen molar-refractivity contribution in [2.75, 3.05) is 7.11 Å². The minimum atomic E-state index is -1.13. The number of fused-ring (bicyclic) bond motifs is 2. The van der Waals surface area contributed by atoms with Gasteiger partial charge in [-0.25, -0.2) is 9.59 Å². The number of ether oxygens (including phenoxy) is 1. The first-order valence-corrected chi connectivity index (χ1v) is 9.28. The predicted octanol–water partition coefficient (Wildman–Crippen LogP) is 3.16. The van der Waals surface area contributed by atoms with Gasteiger partial charge in [0.25, 0.3) is 0 Å². The summed E-state index contributed by atoms with van der Waals surface area (Å²) in [5, 5.41) is 9.84. The topological polar surface area (TPSA) is 129 Å². The van der Waals surface area contributed by atoms with Gasteiger partial charge in [0.05, 0.1) is 18.1 Å². The van der Waals surface area contributed by atoms with Crippen LogP contribution in [0.2, 0.25) is 0 Å². The Kier molecular flexibility index (Phi) is 6.01. The standard InChI is InChI=1S/C12H11NO3.C11H9NO3/c1-7-3-4-8-9(5-7)13-10(6-11(8)14)12(15)16-2;1-6-2-3-7-8(4-6)12-9(11(14)15)5-10(7)13/h3-6H,1-2H3,(H,13,14);2-5H,1H3,(H,12,13)(H,14,15). The van der Waals surface area contributed by atoms with E-state index in [2.05, 4.69) is 14.7 Å². The molecule has 8 nitrogen and oxygen atoms in total. The van der Waals surface area contributed by atoms with Crippen molar-refractivity contribution in [1.29, 1.82) is 0 Å². The quantitative estimate of drug-likeness (QED) is 0.427. The summed E-state index contributed by atoms with van der Waals surface area (Å²) in [6.45, 7) is 3.80. The van der Waals surface area contributed by atoms with Crippen molar-refractivity contribution in [1.82, 2.24) is 9.97 Å². The smallest absolute Gasteiger partial charge is 0.354 e. The third kappa shape index (κ3) is 4.69. The molecule has 0 aliphatic carbocycles. The number of methoxy groups -OCH3 is 1. The van der Waals surface area contributed by atoms with Crippen LogP contribution < -0.4 is 10.9 Å². The number of aryl methyl sites for hydroxylation is 2. The van der Waals surface area contributed by atoms with Crippen molar-refractivity contribution in [2.45, 2.75) is 13.8 Å². The molecule has 0 amide bonds. The fraction of sp³-hybridized carbons (Fsp3) is 0.130. The predicted molar refractivity (Wildman–Crippen MR) is 117 cm³/mol. The average Bonchev–Trinajstić information content (AvgIpc) is 2.72. The Labute approximate surface area is 176 Å². The van der Waals surface area contributed by atoms with Crippen LogP contribution in [0.5, 0.6) is 0 Å². The molecule has 31 heavy (non-hydrogen) atoms. The molecule has 0 aliphatic heterocycles. The molecule has 2 aromatic heterocycles. The Morgan fingerprint density at radius 1 is 0.774 bits per heavy atom. The third-order valence-corrected chi connectivity index (χ3v) is 4.61. The van der Waals surface area contributed by atoms with Gasteiger partial charge in [0.15, 0.2) is 10.9 Å². The lowest BCUT2D eigenvalue weighted by molar-refractivity contribution is 0.0593. The number of pyridine rings is 2. The van der Waals surface area contributed by atoms with E-state index >= 15 is 0 Å². The second kappa shape index (κ2) is 8.66. The van der Waals surface area contributed by atoms with Crippen LogP contribution in [0.1, 0.15) is 32.1 Å². The second-order valence-electron chi connectivity index (χ2n) is 6.99. The van der Waals surface area contributed by atoms with E-state index in [-0.39, 0.29) is 22.2 Å². The van der Waals surface area contributed by atoms with Gasteiger partial charge in [-0.15, -0.1) is 0 Å². The summed E-state index contributed by atoms with van der Waals surface area (Å²) < 4.78 is 4.56. The minimum Gasteiger partial charge on any atom is -0.477 e. The minimum absolute atomic E-state index is 0.0851. The zero-order chi connectivity index (χ0) is 22.7. The van der Waals surface area contributed by atoms with Crippen LogP contribution in [-0.4, -0.2) is 34.1 Å². The molecular weight excluding hydrogens is 400 g/mol. The number of carboxylic acids is 1. The van der Waals surface area contributed by atoms with Crippen molar-refractivity contribution >= 4 is 33.7 Å². The molecule has 0 unspecified atom stereocenters. The molecule has 0 saturated heterocycles. The van der Waals surface area contributed by atoms with E-state index in [1.54, 1.807) is 18.2 Å². The molecule has 0 fully saturated rings. The van der Waals surface area contributed by atoms with Gasteiger partial charge in [0.1, 0.15) is 11.4 Å². The summed E-state index contributed by atoms with van der Waals surface area (Å²) in [6.07, 6.45) is 0. The van der Waals surface area contributed by atoms with Crippen LogP contribution in [0, 0.1) is 13.8 Å². The highest BCUT2D eigenvalue weighted by Gasteiger charge is 2.09. The number of carbonyl (C=O) groups excluding carboxylic acids is 1. The zero-order valence-electron chi connectivity index (χ0n) is 17.1. The van der Waals surface area contributed by atoms with Crippen LogP contribution in [-0.2, 0) is 4.74 Å². The van der Waals surface area contributed by atoms with E-state index in [4.69, 9.17) is 5.11 Å². The lowest BCUT2D eigenvalue weighted by atomic mass is 10.1. The first-order valence-electron chi connectivity index (χ1n) is 9.28. The lowest BCUT2D eigenvalue weighted by Crippen LogP contribution is -2.11. The number of hydrogen-bond acceptors (Lipinski definition) is 5. The van der Waals surface area contributed by atoms with E-state index < -0.39 is 11.9 Å². The number of carboxylic acid groups (broad SMARTS) is 1. The number of H-pyrrole nitrogens is 2. The first kappa shape index (κ1) is 21.5. The molecule has 0 atom stereocenters. The Balaban J connectivity index is 0.000000176. The van der Waals surface area contributed by atoms with Crippen molar-refractivity contribution in [3.05, 3.63) is 91.5 Å². The van der Waals surface area contributed by atoms with Crippen LogP contribution in [0.4, 0.5) is 0 Å².